The third-order valence-corrected chi connectivity index (χ3v) is 4.35. The van der Waals surface area contributed by atoms with E-state index < -0.39 is 0 Å². The number of rotatable bonds is 6. The molecule has 0 radical (unpaired) electrons. The summed E-state index contributed by atoms with van der Waals surface area (Å²) in [7, 11) is 0. The van der Waals surface area contributed by atoms with Crippen LogP contribution in [0.1, 0.15) is 28.4 Å². The van der Waals surface area contributed by atoms with Crippen molar-refractivity contribution in [2.45, 2.75) is 25.7 Å². The lowest BCUT2D eigenvalue weighted by atomic mass is 10.1. The average Bonchev–Trinajstić information content (AvgIpc) is 2.47. The molecule has 21 heavy (non-hydrogen) atoms. The summed E-state index contributed by atoms with van der Waals surface area (Å²) < 4.78 is 5.52. The van der Waals surface area contributed by atoms with E-state index >= 15 is 0 Å². The first-order chi connectivity index (χ1) is 10.1. The van der Waals surface area contributed by atoms with Gasteiger partial charge in [-0.25, -0.2) is 0 Å². The summed E-state index contributed by atoms with van der Waals surface area (Å²) in [4.78, 5) is 13.5. The van der Waals surface area contributed by atoms with Gasteiger partial charge in [-0.15, -0.1) is 11.8 Å². The summed E-state index contributed by atoms with van der Waals surface area (Å²) in [6.45, 7) is 6.64. The zero-order chi connectivity index (χ0) is 15.2. The van der Waals surface area contributed by atoms with Crippen molar-refractivity contribution in [1.29, 1.82) is 0 Å². The smallest absolute Gasteiger partial charge is 0.176 e. The molecule has 0 saturated heterocycles. The van der Waals surface area contributed by atoms with Crippen LogP contribution in [0.4, 0.5) is 0 Å². The van der Waals surface area contributed by atoms with E-state index in [2.05, 4.69) is 32.0 Å². The van der Waals surface area contributed by atoms with Crippen LogP contribution in [0.3, 0.4) is 0 Å². The van der Waals surface area contributed by atoms with Crippen LogP contribution in [0, 0.1) is 13.8 Å². The predicted molar refractivity (Wildman–Crippen MR) is 88.6 cm³/mol. The zero-order valence-electron chi connectivity index (χ0n) is 12.7. The number of para-hydroxylation sites is 1. The van der Waals surface area contributed by atoms with Crippen molar-refractivity contribution in [3.63, 3.8) is 0 Å². The van der Waals surface area contributed by atoms with E-state index in [1.54, 1.807) is 11.8 Å². The van der Waals surface area contributed by atoms with Gasteiger partial charge in [0.05, 0.1) is 17.9 Å². The van der Waals surface area contributed by atoms with Gasteiger partial charge in [0.2, 0.25) is 0 Å². The zero-order valence-corrected chi connectivity index (χ0v) is 13.5. The normalized spacial score (nSPS) is 10.4. The summed E-state index contributed by atoms with van der Waals surface area (Å²) in [6, 6.07) is 13.7. The van der Waals surface area contributed by atoms with Crippen molar-refractivity contribution in [2.75, 3.05) is 12.4 Å². The van der Waals surface area contributed by atoms with Crippen molar-refractivity contribution >= 4 is 17.5 Å². The summed E-state index contributed by atoms with van der Waals surface area (Å²) in [5.74, 6) is 1.20. The Labute approximate surface area is 130 Å². The number of thioether (sulfide) groups is 1. The molecule has 0 fully saturated rings. The molecule has 110 valence electrons. The fraction of sp³-hybridized carbons (Fsp3) is 0.278. The van der Waals surface area contributed by atoms with Crippen LogP contribution in [0.15, 0.2) is 47.4 Å². The minimum atomic E-state index is 0.101. The molecule has 0 bridgehead atoms. The second-order valence-corrected chi connectivity index (χ2v) is 5.93. The van der Waals surface area contributed by atoms with E-state index in [4.69, 9.17) is 4.74 Å². The number of hydrogen-bond acceptors (Lipinski definition) is 3. The quantitative estimate of drug-likeness (QED) is 0.572. The Hall–Kier alpha value is -1.74. The number of ketones is 1. The minimum Gasteiger partial charge on any atom is -0.493 e. The van der Waals surface area contributed by atoms with Crippen molar-refractivity contribution in [3.05, 3.63) is 59.2 Å². The Morgan fingerprint density at radius 2 is 1.90 bits per heavy atom. The molecular formula is C18H20O2S. The Kier molecular flexibility index (Phi) is 5.45. The van der Waals surface area contributed by atoms with E-state index in [0.29, 0.717) is 23.7 Å². The molecule has 0 atom stereocenters. The summed E-state index contributed by atoms with van der Waals surface area (Å²) in [5, 5.41) is 0. The van der Waals surface area contributed by atoms with Crippen molar-refractivity contribution in [3.8, 4) is 5.75 Å². The molecule has 2 rings (SSSR count). The van der Waals surface area contributed by atoms with Crippen LogP contribution >= 0.6 is 11.8 Å². The molecule has 2 aromatic carbocycles. The lowest BCUT2D eigenvalue weighted by Gasteiger charge is -2.10. The minimum absolute atomic E-state index is 0.101. The topological polar surface area (TPSA) is 26.3 Å². The molecular weight excluding hydrogens is 280 g/mol. The summed E-state index contributed by atoms with van der Waals surface area (Å²) in [5.41, 5.74) is 3.12. The van der Waals surface area contributed by atoms with Crippen LogP contribution in [0.5, 0.6) is 5.75 Å². The lowest BCUT2D eigenvalue weighted by molar-refractivity contribution is 0.101. The van der Waals surface area contributed by atoms with Crippen molar-refractivity contribution < 1.29 is 9.53 Å². The number of hydrogen-bond donors (Lipinski definition) is 0. The van der Waals surface area contributed by atoms with Crippen molar-refractivity contribution in [2.24, 2.45) is 0 Å². The van der Waals surface area contributed by atoms with Gasteiger partial charge >= 0.3 is 0 Å². The molecule has 0 amide bonds. The number of carbonyl (C=O) groups is 1. The fourth-order valence-electron chi connectivity index (χ4n) is 2.16. The molecule has 2 aromatic rings. The van der Waals surface area contributed by atoms with Crippen molar-refractivity contribution in [1.82, 2.24) is 0 Å². The molecule has 0 aliphatic heterocycles. The molecule has 0 aliphatic rings. The Bertz CT molecular complexity index is 635. The second kappa shape index (κ2) is 7.32. The highest BCUT2D eigenvalue weighted by Gasteiger charge is 2.12. The van der Waals surface area contributed by atoms with Crippen LogP contribution in [0.2, 0.25) is 0 Å². The summed E-state index contributed by atoms with van der Waals surface area (Å²) in [6.07, 6.45) is 0. The molecule has 0 unspecified atom stereocenters. The van der Waals surface area contributed by atoms with E-state index in [1.165, 1.54) is 11.1 Å². The van der Waals surface area contributed by atoms with E-state index in [9.17, 15) is 4.79 Å². The van der Waals surface area contributed by atoms with Gasteiger partial charge in [0.25, 0.3) is 0 Å². The number of aryl methyl sites for hydroxylation is 2. The van der Waals surface area contributed by atoms with Gasteiger partial charge in [-0.1, -0.05) is 29.8 Å². The van der Waals surface area contributed by atoms with Gasteiger partial charge < -0.3 is 4.74 Å². The highest BCUT2D eigenvalue weighted by atomic mass is 32.2. The van der Waals surface area contributed by atoms with E-state index in [1.807, 2.05) is 31.2 Å². The lowest BCUT2D eigenvalue weighted by Crippen LogP contribution is -2.06. The second-order valence-electron chi connectivity index (χ2n) is 4.91. The maximum absolute atomic E-state index is 12.4. The highest BCUT2D eigenvalue weighted by Crippen LogP contribution is 2.26. The molecule has 0 N–H and O–H groups in total. The number of Topliss-reactive ketones (excluding diaryl/α,β-unsaturated/α-hetero) is 1. The van der Waals surface area contributed by atoms with Gasteiger partial charge in [-0.2, -0.15) is 0 Å². The van der Waals surface area contributed by atoms with Gasteiger partial charge in [0.15, 0.2) is 5.78 Å². The first kappa shape index (κ1) is 15.6. The van der Waals surface area contributed by atoms with Gasteiger partial charge in [0, 0.05) is 4.90 Å². The Morgan fingerprint density at radius 1 is 1.14 bits per heavy atom. The van der Waals surface area contributed by atoms with Crippen LogP contribution in [-0.4, -0.2) is 18.1 Å². The number of ether oxygens (including phenoxy) is 1. The molecule has 0 saturated carbocycles. The molecule has 0 heterocycles. The van der Waals surface area contributed by atoms with E-state index in [0.717, 1.165) is 4.90 Å². The van der Waals surface area contributed by atoms with Crippen LogP contribution in [0.25, 0.3) is 0 Å². The predicted octanol–water partition coefficient (Wildman–Crippen LogP) is 4.68. The fourth-order valence-corrected chi connectivity index (χ4v) is 3.05. The molecule has 0 aliphatic carbocycles. The van der Waals surface area contributed by atoms with Gasteiger partial charge in [-0.3, -0.25) is 4.79 Å². The molecule has 0 aromatic heterocycles. The SMILES string of the molecule is CCOc1ccccc1C(=O)CSc1ccc(C)cc1C. The third kappa shape index (κ3) is 4.11. The Balaban J connectivity index is 2.08. The summed E-state index contributed by atoms with van der Waals surface area (Å²) >= 11 is 1.58. The third-order valence-electron chi connectivity index (χ3n) is 3.18. The monoisotopic (exact) mass is 300 g/mol. The molecule has 0 spiro atoms. The Morgan fingerprint density at radius 3 is 2.62 bits per heavy atom. The van der Waals surface area contributed by atoms with Gasteiger partial charge in [-0.05, 0) is 44.5 Å². The first-order valence-corrected chi connectivity index (χ1v) is 8.05. The largest absolute Gasteiger partial charge is 0.493 e. The highest BCUT2D eigenvalue weighted by molar-refractivity contribution is 8.00. The molecule has 3 heteroatoms. The maximum Gasteiger partial charge on any atom is 0.176 e. The number of benzene rings is 2. The van der Waals surface area contributed by atoms with Gasteiger partial charge in [0.1, 0.15) is 5.75 Å². The maximum atomic E-state index is 12.4. The average molecular weight is 300 g/mol. The van der Waals surface area contributed by atoms with Crippen LogP contribution < -0.4 is 4.74 Å². The molecule has 2 nitrogen and oxygen atoms in total. The number of carbonyl (C=O) groups excluding carboxylic acids is 1. The van der Waals surface area contributed by atoms with Crippen LogP contribution in [-0.2, 0) is 0 Å². The standard InChI is InChI=1S/C18H20O2S/c1-4-20-17-8-6-5-7-15(17)16(19)12-21-18-10-9-13(2)11-14(18)3/h5-11H,4,12H2,1-3H3. The first-order valence-electron chi connectivity index (χ1n) is 7.07. The van der Waals surface area contributed by atoms with E-state index in [-0.39, 0.29) is 5.78 Å².